The van der Waals surface area contributed by atoms with Gasteiger partial charge in [0, 0.05) is 11.0 Å². The van der Waals surface area contributed by atoms with Crippen LogP contribution in [0.2, 0.25) is 0 Å². The Labute approximate surface area is 127 Å². The van der Waals surface area contributed by atoms with E-state index in [0.717, 1.165) is 0 Å². The smallest absolute Gasteiger partial charge is 0.339 e. The second-order valence-electron chi connectivity index (χ2n) is 4.24. The van der Waals surface area contributed by atoms with Gasteiger partial charge in [-0.25, -0.2) is 17.9 Å². The van der Waals surface area contributed by atoms with Crippen molar-refractivity contribution in [1.29, 1.82) is 0 Å². The Hall–Kier alpha value is -1.18. The number of sulfonamides is 1. The van der Waals surface area contributed by atoms with Gasteiger partial charge in [0.25, 0.3) is 0 Å². The quantitative estimate of drug-likeness (QED) is 0.623. The molecule has 7 heteroatoms. The minimum Gasteiger partial charge on any atom is -0.459 e. The second kappa shape index (κ2) is 7.01. The van der Waals surface area contributed by atoms with Gasteiger partial charge in [0.05, 0.1) is 16.6 Å². The van der Waals surface area contributed by atoms with Crippen LogP contribution in [-0.2, 0) is 14.8 Å². The lowest BCUT2D eigenvalue weighted by atomic mass is 10.2. The number of hydrogen-bond acceptors (Lipinski definition) is 4. The molecule has 1 aromatic rings. The molecule has 20 heavy (non-hydrogen) atoms. The van der Waals surface area contributed by atoms with Crippen molar-refractivity contribution in [3.8, 4) is 0 Å². The average molecular weight is 362 g/mol. The van der Waals surface area contributed by atoms with Crippen molar-refractivity contribution in [2.75, 3.05) is 6.54 Å². The Morgan fingerprint density at radius 1 is 1.50 bits per heavy atom. The highest BCUT2D eigenvalue weighted by Crippen LogP contribution is 2.22. The molecule has 0 aliphatic rings. The van der Waals surface area contributed by atoms with Crippen molar-refractivity contribution in [3.05, 3.63) is 40.9 Å². The first kappa shape index (κ1) is 16.9. The number of ether oxygens (including phenoxy) is 1. The zero-order chi connectivity index (χ0) is 15.3. The normalized spacial score (nSPS) is 11.4. The van der Waals surface area contributed by atoms with Crippen molar-refractivity contribution in [1.82, 2.24) is 4.72 Å². The number of halogens is 1. The zero-order valence-electron chi connectivity index (χ0n) is 11.2. The number of hydrogen-bond donors (Lipinski definition) is 1. The topological polar surface area (TPSA) is 72.5 Å². The molecule has 0 amide bonds. The van der Waals surface area contributed by atoms with Crippen LogP contribution in [0, 0.1) is 0 Å². The standard InChI is InChI=1S/C13H16BrNO4S/c1-4-7-15-20(17,18)10-5-6-12(14)11(8-10)13(16)19-9(2)3/h4-6,8-9,15H,1,7H2,2-3H3. The maximum Gasteiger partial charge on any atom is 0.339 e. The van der Waals surface area contributed by atoms with Crippen LogP contribution in [0.3, 0.4) is 0 Å². The van der Waals surface area contributed by atoms with E-state index in [2.05, 4.69) is 27.2 Å². The fourth-order valence-corrected chi connectivity index (χ4v) is 2.79. The van der Waals surface area contributed by atoms with E-state index in [4.69, 9.17) is 4.74 Å². The van der Waals surface area contributed by atoms with Gasteiger partial charge in [0.15, 0.2) is 0 Å². The van der Waals surface area contributed by atoms with E-state index in [-0.39, 0.29) is 23.1 Å². The van der Waals surface area contributed by atoms with Gasteiger partial charge >= 0.3 is 5.97 Å². The van der Waals surface area contributed by atoms with Gasteiger partial charge < -0.3 is 4.74 Å². The van der Waals surface area contributed by atoms with Crippen LogP contribution in [-0.4, -0.2) is 27.0 Å². The number of carbonyl (C=O) groups is 1. The Kier molecular flexibility index (Phi) is 5.91. The van der Waals surface area contributed by atoms with Crippen molar-refractivity contribution in [2.45, 2.75) is 24.8 Å². The predicted molar refractivity (Wildman–Crippen MR) is 80.1 cm³/mol. The summed E-state index contributed by atoms with van der Waals surface area (Å²) >= 11 is 3.21. The van der Waals surface area contributed by atoms with Gasteiger partial charge in [0.1, 0.15) is 0 Å². The Morgan fingerprint density at radius 3 is 2.70 bits per heavy atom. The molecule has 110 valence electrons. The summed E-state index contributed by atoms with van der Waals surface area (Å²) in [6.45, 7) is 7.00. The molecule has 0 unspecified atom stereocenters. The molecule has 1 rings (SSSR count). The van der Waals surface area contributed by atoms with Crippen molar-refractivity contribution >= 4 is 31.9 Å². The average Bonchev–Trinajstić information content (AvgIpc) is 2.35. The summed E-state index contributed by atoms with van der Waals surface area (Å²) in [6.07, 6.45) is 1.15. The van der Waals surface area contributed by atoms with Gasteiger partial charge in [-0.05, 0) is 48.0 Å². The molecule has 1 aromatic carbocycles. The molecule has 0 spiro atoms. The summed E-state index contributed by atoms with van der Waals surface area (Å²) in [5.41, 5.74) is 0.167. The highest BCUT2D eigenvalue weighted by Gasteiger charge is 2.19. The third kappa shape index (κ3) is 4.43. The van der Waals surface area contributed by atoms with E-state index in [1.807, 2.05) is 0 Å². The molecule has 0 radical (unpaired) electrons. The number of esters is 1. The fourth-order valence-electron chi connectivity index (χ4n) is 1.36. The van der Waals surface area contributed by atoms with Gasteiger partial charge in [-0.1, -0.05) is 6.08 Å². The van der Waals surface area contributed by atoms with Crippen molar-refractivity contribution < 1.29 is 17.9 Å². The molecule has 0 aromatic heterocycles. The molecule has 0 heterocycles. The molecule has 1 N–H and O–H groups in total. The molecular formula is C13H16BrNO4S. The molecule has 0 saturated carbocycles. The van der Waals surface area contributed by atoms with Crippen LogP contribution < -0.4 is 4.72 Å². The molecule has 5 nitrogen and oxygen atoms in total. The maximum atomic E-state index is 12.0. The Balaban J connectivity index is 3.14. The molecule has 0 aliphatic carbocycles. The summed E-state index contributed by atoms with van der Waals surface area (Å²) < 4.78 is 31.8. The number of carbonyl (C=O) groups excluding carboxylic acids is 1. The minimum absolute atomic E-state index is 0.00161. The van der Waals surface area contributed by atoms with Crippen LogP contribution in [0.4, 0.5) is 0 Å². The van der Waals surface area contributed by atoms with Crippen LogP contribution in [0.15, 0.2) is 40.2 Å². The van der Waals surface area contributed by atoms with Gasteiger partial charge in [-0.15, -0.1) is 6.58 Å². The summed E-state index contributed by atoms with van der Waals surface area (Å²) in [6, 6.07) is 4.18. The molecule has 0 atom stereocenters. The van der Waals surface area contributed by atoms with Crippen LogP contribution in [0.1, 0.15) is 24.2 Å². The fraction of sp³-hybridized carbons (Fsp3) is 0.308. The van der Waals surface area contributed by atoms with Crippen LogP contribution in [0.25, 0.3) is 0 Å². The maximum absolute atomic E-state index is 12.0. The zero-order valence-corrected chi connectivity index (χ0v) is 13.6. The van der Waals surface area contributed by atoms with Crippen molar-refractivity contribution in [2.24, 2.45) is 0 Å². The third-order valence-electron chi connectivity index (χ3n) is 2.23. The molecule has 0 bridgehead atoms. The van der Waals surface area contributed by atoms with Gasteiger partial charge in [0.2, 0.25) is 10.0 Å². The predicted octanol–water partition coefficient (Wildman–Crippen LogP) is 2.48. The minimum atomic E-state index is -3.67. The first-order chi connectivity index (χ1) is 9.27. The van der Waals surface area contributed by atoms with Gasteiger partial charge in [-0.2, -0.15) is 0 Å². The highest BCUT2D eigenvalue weighted by molar-refractivity contribution is 9.10. The lowest BCUT2D eigenvalue weighted by Crippen LogP contribution is -2.24. The molecular weight excluding hydrogens is 346 g/mol. The Bertz CT molecular complexity index is 611. The molecule has 0 fully saturated rings. The van der Waals surface area contributed by atoms with E-state index < -0.39 is 16.0 Å². The second-order valence-corrected chi connectivity index (χ2v) is 6.86. The number of rotatable bonds is 6. The lowest BCUT2D eigenvalue weighted by Gasteiger charge is -2.11. The van der Waals surface area contributed by atoms with Gasteiger partial charge in [-0.3, -0.25) is 0 Å². The van der Waals surface area contributed by atoms with Crippen LogP contribution in [0.5, 0.6) is 0 Å². The summed E-state index contributed by atoms with van der Waals surface area (Å²) in [7, 11) is -3.67. The van der Waals surface area contributed by atoms with E-state index in [9.17, 15) is 13.2 Å². The summed E-state index contributed by atoms with van der Waals surface area (Å²) in [5.74, 6) is -0.576. The molecule has 0 aliphatic heterocycles. The first-order valence-corrected chi connectivity index (χ1v) is 8.16. The third-order valence-corrected chi connectivity index (χ3v) is 4.34. The monoisotopic (exact) mass is 361 g/mol. The largest absolute Gasteiger partial charge is 0.459 e. The van der Waals surface area contributed by atoms with E-state index >= 15 is 0 Å². The summed E-state index contributed by atoms with van der Waals surface area (Å²) in [4.78, 5) is 11.9. The summed E-state index contributed by atoms with van der Waals surface area (Å²) in [5, 5.41) is 0. The highest BCUT2D eigenvalue weighted by atomic mass is 79.9. The molecule has 0 saturated heterocycles. The number of nitrogens with one attached hydrogen (secondary N) is 1. The SMILES string of the molecule is C=CCNS(=O)(=O)c1ccc(Br)c(C(=O)OC(C)C)c1. The number of benzene rings is 1. The van der Waals surface area contributed by atoms with E-state index in [1.165, 1.54) is 24.3 Å². The first-order valence-electron chi connectivity index (χ1n) is 5.89. The van der Waals surface area contributed by atoms with E-state index in [1.54, 1.807) is 13.8 Å². The lowest BCUT2D eigenvalue weighted by molar-refractivity contribution is 0.0376. The van der Waals surface area contributed by atoms with Crippen LogP contribution >= 0.6 is 15.9 Å². The Morgan fingerprint density at radius 2 is 2.15 bits per heavy atom. The van der Waals surface area contributed by atoms with E-state index in [0.29, 0.717) is 4.47 Å². The van der Waals surface area contributed by atoms with Crippen molar-refractivity contribution in [3.63, 3.8) is 0 Å².